The number of benzene rings is 1. The van der Waals surface area contributed by atoms with Crippen molar-refractivity contribution >= 4 is 0 Å². The monoisotopic (exact) mass is 296 g/mol. The normalized spacial score (nSPS) is 35.8. The van der Waals surface area contributed by atoms with Gasteiger partial charge in [-0.1, -0.05) is 0 Å². The van der Waals surface area contributed by atoms with E-state index in [0.29, 0.717) is 16.0 Å². The Morgan fingerprint density at radius 2 is 1.71 bits per heavy atom. The molecule has 5 atom stereocenters. The maximum Gasteiger partial charge on any atom is 0.161 e. The third-order valence-corrected chi connectivity index (χ3v) is 5.16. The predicted octanol–water partition coefficient (Wildman–Crippen LogP) is 1.34. The summed E-state index contributed by atoms with van der Waals surface area (Å²) in [5.41, 5.74) is 0.952. The molecule has 0 aromatic heterocycles. The molecular weight excluding hydrogens is 270 g/mol. The van der Waals surface area contributed by atoms with Gasteiger partial charge in [0.25, 0.3) is 0 Å². The smallest absolute Gasteiger partial charge is 0.161 e. The first-order chi connectivity index (χ1) is 9.90. The number of quaternary nitrogens is 1. The van der Waals surface area contributed by atoms with Crippen molar-refractivity contribution in [2.45, 2.75) is 38.1 Å². The Morgan fingerprint density at radius 1 is 1.10 bits per heavy atom. The van der Waals surface area contributed by atoms with Crippen molar-refractivity contribution in [3.8, 4) is 11.5 Å². The summed E-state index contributed by atoms with van der Waals surface area (Å²) in [4.78, 5) is 0. The Kier molecular flexibility index (Phi) is 4.46. The zero-order valence-corrected chi connectivity index (χ0v) is 13.4. The number of aliphatic hydroxyl groups excluding tert-OH is 2. The van der Waals surface area contributed by atoms with Crippen LogP contribution in [0.15, 0.2) is 18.2 Å². The van der Waals surface area contributed by atoms with Crippen molar-refractivity contribution in [3.05, 3.63) is 23.8 Å². The van der Waals surface area contributed by atoms with Gasteiger partial charge in [-0.3, -0.25) is 0 Å². The van der Waals surface area contributed by atoms with Gasteiger partial charge in [0, 0.05) is 5.56 Å². The van der Waals surface area contributed by atoms with Gasteiger partial charge >= 0.3 is 0 Å². The number of methoxy groups -OCH3 is 2. The molecule has 1 aliphatic heterocycles. The number of rotatable bonds is 4. The van der Waals surface area contributed by atoms with Crippen LogP contribution in [-0.4, -0.2) is 60.8 Å². The zero-order valence-electron chi connectivity index (χ0n) is 13.4. The first-order valence-corrected chi connectivity index (χ1v) is 7.33. The molecule has 0 unspecified atom stereocenters. The molecule has 0 spiro atoms. The van der Waals surface area contributed by atoms with E-state index in [9.17, 15) is 10.2 Å². The summed E-state index contributed by atoms with van der Waals surface area (Å²) < 4.78 is 11.2. The molecule has 2 rings (SSSR count). The third-order valence-electron chi connectivity index (χ3n) is 5.16. The van der Waals surface area contributed by atoms with Crippen LogP contribution in [0.2, 0.25) is 0 Å². The van der Waals surface area contributed by atoms with Gasteiger partial charge in [-0.25, -0.2) is 0 Å². The highest BCUT2D eigenvalue weighted by atomic mass is 16.5. The number of hydrogen-bond donors (Lipinski definition) is 2. The summed E-state index contributed by atoms with van der Waals surface area (Å²) in [5.74, 6) is 1.30. The summed E-state index contributed by atoms with van der Waals surface area (Å²) in [5, 5.41) is 20.8. The van der Waals surface area contributed by atoms with Gasteiger partial charge < -0.3 is 24.2 Å². The van der Waals surface area contributed by atoms with E-state index in [1.54, 1.807) is 14.2 Å². The number of likely N-dealkylation sites (N-methyl/N-ethyl adjacent to an activating group) is 1. The van der Waals surface area contributed by atoms with Crippen molar-refractivity contribution < 1.29 is 24.2 Å². The Morgan fingerprint density at radius 3 is 2.24 bits per heavy atom. The largest absolute Gasteiger partial charge is 0.493 e. The molecule has 0 radical (unpaired) electrons. The van der Waals surface area contributed by atoms with E-state index in [-0.39, 0.29) is 12.1 Å². The van der Waals surface area contributed by atoms with Crippen molar-refractivity contribution in [2.24, 2.45) is 0 Å². The molecule has 0 saturated carbocycles. The Bertz CT molecular complexity index is 507. The summed E-state index contributed by atoms with van der Waals surface area (Å²) in [6.45, 7) is 4.89. The molecule has 118 valence electrons. The molecule has 0 bridgehead atoms. The molecule has 2 N–H and O–H groups in total. The molecule has 5 nitrogen and oxygen atoms in total. The van der Waals surface area contributed by atoms with E-state index < -0.39 is 12.2 Å². The highest BCUT2D eigenvalue weighted by Crippen LogP contribution is 2.44. The predicted molar refractivity (Wildman–Crippen MR) is 80.5 cm³/mol. The number of nitrogens with zero attached hydrogens (tertiary/aromatic N) is 1. The lowest BCUT2D eigenvalue weighted by atomic mass is 9.99. The highest BCUT2D eigenvalue weighted by Gasteiger charge is 2.55. The van der Waals surface area contributed by atoms with Crippen LogP contribution >= 0.6 is 0 Å². The maximum atomic E-state index is 10.5. The molecule has 0 aliphatic carbocycles. The Balaban J connectivity index is 2.48. The molecule has 1 heterocycles. The molecule has 1 saturated heterocycles. The van der Waals surface area contributed by atoms with Gasteiger partial charge in [-0.05, 0) is 32.0 Å². The quantitative estimate of drug-likeness (QED) is 0.823. The molecule has 1 aliphatic rings. The van der Waals surface area contributed by atoms with Crippen LogP contribution in [0.5, 0.6) is 11.5 Å². The molecule has 1 fully saturated rings. The summed E-state index contributed by atoms with van der Waals surface area (Å²) in [6, 6.07) is 5.47. The SMILES string of the molecule is CC[N@@+]1(C)[C@@H](C)[C@@H](O)[C@H](O)[C@@H]1c1ccc(OC)c(OC)c1. The van der Waals surface area contributed by atoms with Gasteiger partial charge in [-0.2, -0.15) is 0 Å². The summed E-state index contributed by atoms with van der Waals surface area (Å²) in [6.07, 6.45) is -1.52. The molecule has 21 heavy (non-hydrogen) atoms. The van der Waals surface area contributed by atoms with E-state index in [0.717, 1.165) is 12.1 Å². The average molecular weight is 296 g/mol. The minimum absolute atomic E-state index is 0.0249. The number of aliphatic hydroxyl groups is 2. The number of hydrogen-bond acceptors (Lipinski definition) is 4. The summed E-state index contributed by atoms with van der Waals surface area (Å²) >= 11 is 0. The van der Waals surface area contributed by atoms with E-state index in [1.807, 2.05) is 25.1 Å². The Labute approximate surface area is 126 Å². The lowest BCUT2D eigenvalue weighted by Gasteiger charge is -2.39. The topological polar surface area (TPSA) is 58.9 Å². The van der Waals surface area contributed by atoms with Crippen LogP contribution in [0.3, 0.4) is 0 Å². The van der Waals surface area contributed by atoms with Crippen molar-refractivity contribution in [1.82, 2.24) is 0 Å². The van der Waals surface area contributed by atoms with Crippen molar-refractivity contribution in [1.29, 1.82) is 0 Å². The third kappa shape index (κ3) is 2.39. The van der Waals surface area contributed by atoms with E-state index in [4.69, 9.17) is 9.47 Å². The van der Waals surface area contributed by atoms with E-state index >= 15 is 0 Å². The fraction of sp³-hybridized carbons (Fsp3) is 0.625. The minimum atomic E-state index is -0.789. The lowest BCUT2D eigenvalue weighted by molar-refractivity contribution is -0.948. The first-order valence-electron chi connectivity index (χ1n) is 7.33. The van der Waals surface area contributed by atoms with Crippen LogP contribution in [0.4, 0.5) is 0 Å². The van der Waals surface area contributed by atoms with E-state index in [2.05, 4.69) is 14.0 Å². The standard InChI is InChI=1S/C16H26NO4/c1-6-17(3)10(2)15(18)16(19)14(17)11-7-8-12(20-4)13(9-11)21-5/h7-10,14-16,18-19H,6H2,1-5H3/q+1/t10-,14-,15+,16+,17-/m0/s1. The average Bonchev–Trinajstić information content (AvgIpc) is 2.68. The van der Waals surface area contributed by atoms with Gasteiger partial charge in [-0.15, -0.1) is 0 Å². The molecule has 1 aromatic rings. The second kappa shape index (κ2) is 5.83. The van der Waals surface area contributed by atoms with Crippen molar-refractivity contribution in [3.63, 3.8) is 0 Å². The lowest BCUT2D eigenvalue weighted by Crippen LogP contribution is -2.50. The zero-order chi connectivity index (χ0) is 15.8. The molecule has 0 amide bonds. The summed E-state index contributed by atoms with van der Waals surface area (Å²) in [7, 11) is 5.27. The van der Waals surface area contributed by atoms with Gasteiger partial charge in [0.15, 0.2) is 11.5 Å². The van der Waals surface area contributed by atoms with Gasteiger partial charge in [0.1, 0.15) is 24.3 Å². The second-order valence-corrected chi connectivity index (χ2v) is 5.94. The molecular formula is C16H26NO4+. The van der Waals surface area contributed by atoms with Gasteiger partial charge in [0.05, 0.1) is 27.8 Å². The second-order valence-electron chi connectivity index (χ2n) is 5.94. The number of likely N-dealkylation sites (tertiary alicyclic amines) is 1. The fourth-order valence-electron chi connectivity index (χ4n) is 3.48. The van der Waals surface area contributed by atoms with Crippen molar-refractivity contribution in [2.75, 3.05) is 27.8 Å². The maximum absolute atomic E-state index is 10.5. The number of ether oxygens (including phenoxy) is 2. The molecule has 1 aromatic carbocycles. The van der Waals surface area contributed by atoms with Gasteiger partial charge in [0.2, 0.25) is 0 Å². The first kappa shape index (κ1) is 16.1. The van der Waals surface area contributed by atoms with Crippen LogP contribution < -0.4 is 9.47 Å². The van der Waals surface area contributed by atoms with Crippen LogP contribution in [0, 0.1) is 0 Å². The Hall–Kier alpha value is -1.30. The van der Waals surface area contributed by atoms with Crippen LogP contribution in [-0.2, 0) is 0 Å². The highest BCUT2D eigenvalue weighted by molar-refractivity contribution is 5.44. The minimum Gasteiger partial charge on any atom is -0.493 e. The van der Waals surface area contributed by atoms with E-state index in [1.165, 1.54) is 0 Å². The molecule has 5 heteroatoms. The fourth-order valence-corrected chi connectivity index (χ4v) is 3.48. The van der Waals surface area contributed by atoms with Crippen LogP contribution in [0.1, 0.15) is 25.5 Å². The van der Waals surface area contributed by atoms with Crippen LogP contribution in [0.25, 0.3) is 0 Å².